The average molecular weight is 432 g/mol. The Bertz CT molecular complexity index is 1050. The zero-order valence-corrected chi connectivity index (χ0v) is 17.5. The Morgan fingerprint density at radius 2 is 1.76 bits per heavy atom. The number of carbonyl (C=O) groups is 2. The van der Waals surface area contributed by atoms with Crippen LogP contribution in [0.1, 0.15) is 17.3 Å². The van der Waals surface area contributed by atoms with Gasteiger partial charge in [-0.25, -0.2) is 8.42 Å². The monoisotopic (exact) mass is 431 g/mol. The number of rotatable bonds is 3. The summed E-state index contributed by atoms with van der Waals surface area (Å²) in [4.78, 5) is 27.6. The van der Waals surface area contributed by atoms with E-state index in [9.17, 15) is 18.0 Å². The fourth-order valence-electron chi connectivity index (χ4n) is 3.40. The fraction of sp³-hybridized carbons (Fsp3) is 0.300. The largest absolute Gasteiger partial charge is 0.336 e. The van der Waals surface area contributed by atoms with Crippen LogP contribution in [0.25, 0.3) is 0 Å². The lowest BCUT2D eigenvalue weighted by atomic mass is 10.1. The molecule has 2 amide bonds. The number of thioether (sulfide) groups is 1. The minimum absolute atomic E-state index is 0.0770. The summed E-state index contributed by atoms with van der Waals surface area (Å²) in [6.07, 6.45) is 0. The number of nitrogens with one attached hydrogen (secondary N) is 1. The average Bonchev–Trinajstić information content (AvgIpc) is 2.74. The maximum atomic E-state index is 12.9. The number of amides is 2. The highest BCUT2D eigenvalue weighted by Crippen LogP contribution is 2.36. The number of piperazine rings is 1. The molecule has 1 atom stereocenters. The predicted molar refractivity (Wildman–Crippen MR) is 111 cm³/mol. The number of anilines is 1. The maximum absolute atomic E-state index is 12.9. The van der Waals surface area contributed by atoms with E-state index in [-0.39, 0.29) is 35.0 Å². The van der Waals surface area contributed by atoms with Gasteiger partial charge in [-0.15, -0.1) is 11.8 Å². The van der Waals surface area contributed by atoms with E-state index in [1.165, 1.54) is 16.1 Å². The van der Waals surface area contributed by atoms with E-state index in [1.807, 2.05) is 13.0 Å². The van der Waals surface area contributed by atoms with E-state index < -0.39 is 10.0 Å². The van der Waals surface area contributed by atoms with Crippen molar-refractivity contribution < 1.29 is 18.0 Å². The van der Waals surface area contributed by atoms with Crippen LogP contribution in [-0.2, 0) is 14.8 Å². The van der Waals surface area contributed by atoms with Gasteiger partial charge in [-0.2, -0.15) is 4.31 Å². The van der Waals surface area contributed by atoms with Gasteiger partial charge in [-0.3, -0.25) is 9.59 Å². The number of hydrogen-bond donors (Lipinski definition) is 1. The van der Waals surface area contributed by atoms with Gasteiger partial charge in [-0.05, 0) is 37.3 Å². The summed E-state index contributed by atoms with van der Waals surface area (Å²) < 4.78 is 26.9. The van der Waals surface area contributed by atoms with Crippen LogP contribution in [0.4, 0.5) is 5.69 Å². The molecule has 0 saturated carbocycles. The molecule has 9 heteroatoms. The number of nitrogens with zero attached hydrogens (tertiary/aromatic N) is 2. The van der Waals surface area contributed by atoms with Crippen molar-refractivity contribution in [2.75, 3.05) is 31.5 Å². The molecule has 0 bridgehead atoms. The summed E-state index contributed by atoms with van der Waals surface area (Å²) in [5.41, 5.74) is 1.13. The van der Waals surface area contributed by atoms with E-state index in [2.05, 4.69) is 5.32 Å². The molecule has 2 heterocycles. The Morgan fingerprint density at radius 3 is 2.45 bits per heavy atom. The summed E-state index contributed by atoms with van der Waals surface area (Å²) in [6, 6.07) is 13.6. The molecule has 0 radical (unpaired) electrons. The van der Waals surface area contributed by atoms with E-state index in [0.717, 1.165) is 4.90 Å². The van der Waals surface area contributed by atoms with Crippen molar-refractivity contribution in [3.63, 3.8) is 0 Å². The van der Waals surface area contributed by atoms with Gasteiger partial charge in [0.05, 0.1) is 15.8 Å². The minimum atomic E-state index is -3.55. The highest BCUT2D eigenvalue weighted by Gasteiger charge is 2.31. The van der Waals surface area contributed by atoms with Gasteiger partial charge in [0.2, 0.25) is 15.9 Å². The smallest absolute Gasteiger partial charge is 0.254 e. The van der Waals surface area contributed by atoms with E-state index in [1.54, 1.807) is 47.4 Å². The molecule has 29 heavy (non-hydrogen) atoms. The molecular weight excluding hydrogens is 410 g/mol. The Labute approximate surface area is 174 Å². The predicted octanol–water partition coefficient (Wildman–Crippen LogP) is 2.27. The van der Waals surface area contributed by atoms with E-state index >= 15 is 0 Å². The van der Waals surface area contributed by atoms with Gasteiger partial charge in [0.25, 0.3) is 5.91 Å². The lowest BCUT2D eigenvalue weighted by Crippen LogP contribution is -2.50. The standard InChI is InChI=1S/C20H21N3O4S2/c1-14-19(24)21-17-13-15(7-8-18(17)28-14)20(25)22-9-11-23(12-10-22)29(26,27)16-5-3-2-4-6-16/h2-8,13-14H,9-12H2,1H3,(H,21,24)/t14-/m0/s1. The number of hydrogen-bond acceptors (Lipinski definition) is 5. The highest BCUT2D eigenvalue weighted by atomic mass is 32.2. The number of benzene rings is 2. The molecule has 1 saturated heterocycles. The van der Waals surface area contributed by atoms with Crippen molar-refractivity contribution >= 4 is 39.3 Å². The molecule has 0 spiro atoms. The third-order valence-corrected chi connectivity index (χ3v) is 8.15. The lowest BCUT2D eigenvalue weighted by molar-refractivity contribution is -0.115. The van der Waals surface area contributed by atoms with E-state index in [0.29, 0.717) is 24.3 Å². The molecule has 0 aromatic heterocycles. The van der Waals surface area contributed by atoms with E-state index in [4.69, 9.17) is 0 Å². The normalized spacial score (nSPS) is 20.1. The zero-order chi connectivity index (χ0) is 20.6. The Balaban J connectivity index is 1.45. The summed E-state index contributed by atoms with van der Waals surface area (Å²) in [7, 11) is -3.55. The van der Waals surface area contributed by atoms with Crippen LogP contribution < -0.4 is 5.32 Å². The number of sulfonamides is 1. The van der Waals surface area contributed by atoms with Crippen molar-refractivity contribution in [2.24, 2.45) is 0 Å². The van der Waals surface area contributed by atoms with Gasteiger partial charge in [0.15, 0.2) is 0 Å². The van der Waals surface area contributed by atoms with Gasteiger partial charge in [0.1, 0.15) is 0 Å². The van der Waals surface area contributed by atoms with Gasteiger partial charge < -0.3 is 10.2 Å². The van der Waals surface area contributed by atoms with Crippen LogP contribution >= 0.6 is 11.8 Å². The highest BCUT2D eigenvalue weighted by molar-refractivity contribution is 8.01. The van der Waals surface area contributed by atoms with Gasteiger partial charge in [0, 0.05) is 36.6 Å². The molecule has 152 valence electrons. The summed E-state index contributed by atoms with van der Waals surface area (Å²) >= 11 is 1.47. The van der Waals surface area contributed by atoms with Gasteiger partial charge >= 0.3 is 0 Å². The third-order valence-electron chi connectivity index (χ3n) is 5.06. The van der Waals surface area contributed by atoms with Crippen LogP contribution in [-0.4, -0.2) is 60.9 Å². The first-order chi connectivity index (χ1) is 13.9. The Hall–Kier alpha value is -2.36. The minimum Gasteiger partial charge on any atom is -0.336 e. The molecule has 2 aromatic carbocycles. The molecular formula is C20H21N3O4S2. The lowest BCUT2D eigenvalue weighted by Gasteiger charge is -2.34. The van der Waals surface area contributed by atoms with Crippen LogP contribution in [0.15, 0.2) is 58.3 Å². The number of fused-ring (bicyclic) bond motifs is 1. The first-order valence-corrected chi connectivity index (χ1v) is 11.6. The van der Waals surface area contributed by atoms with Crippen molar-refractivity contribution in [3.05, 3.63) is 54.1 Å². The topological polar surface area (TPSA) is 86.8 Å². The van der Waals surface area contributed by atoms with Crippen LogP contribution in [0.3, 0.4) is 0 Å². The molecule has 0 unspecified atom stereocenters. The van der Waals surface area contributed by atoms with Crippen LogP contribution in [0.5, 0.6) is 0 Å². The molecule has 0 aliphatic carbocycles. The second kappa shape index (κ2) is 7.81. The first kappa shape index (κ1) is 19.9. The molecule has 4 rings (SSSR count). The number of carbonyl (C=O) groups excluding carboxylic acids is 2. The first-order valence-electron chi connectivity index (χ1n) is 9.32. The molecule has 1 fully saturated rings. The third kappa shape index (κ3) is 3.90. The van der Waals surface area contributed by atoms with Crippen LogP contribution in [0, 0.1) is 0 Å². The molecule has 2 aliphatic heterocycles. The quantitative estimate of drug-likeness (QED) is 0.806. The SMILES string of the molecule is C[C@@H]1Sc2ccc(C(=O)N3CCN(S(=O)(=O)c4ccccc4)CC3)cc2NC1=O. The molecule has 1 N–H and O–H groups in total. The molecule has 2 aliphatic rings. The zero-order valence-electron chi connectivity index (χ0n) is 15.9. The summed E-state index contributed by atoms with van der Waals surface area (Å²) in [6.45, 7) is 2.97. The molecule has 2 aromatic rings. The summed E-state index contributed by atoms with van der Waals surface area (Å²) in [5, 5.41) is 2.67. The maximum Gasteiger partial charge on any atom is 0.254 e. The van der Waals surface area contributed by atoms with Crippen molar-refractivity contribution in [2.45, 2.75) is 22.0 Å². The van der Waals surface area contributed by atoms with Crippen molar-refractivity contribution in [3.8, 4) is 0 Å². The fourth-order valence-corrected chi connectivity index (χ4v) is 5.77. The second-order valence-corrected chi connectivity index (χ2v) is 10.3. The van der Waals surface area contributed by atoms with Crippen molar-refractivity contribution in [1.82, 2.24) is 9.21 Å². The Morgan fingerprint density at radius 1 is 1.07 bits per heavy atom. The molecule has 7 nitrogen and oxygen atoms in total. The Kier molecular flexibility index (Phi) is 5.37. The second-order valence-electron chi connectivity index (χ2n) is 6.97. The van der Waals surface area contributed by atoms with Crippen molar-refractivity contribution in [1.29, 1.82) is 0 Å². The van der Waals surface area contributed by atoms with Gasteiger partial charge in [-0.1, -0.05) is 18.2 Å². The summed E-state index contributed by atoms with van der Waals surface area (Å²) in [5.74, 6) is -0.241. The van der Waals surface area contributed by atoms with Crippen LogP contribution in [0.2, 0.25) is 0 Å².